The van der Waals surface area contributed by atoms with Crippen LogP contribution in [0.4, 0.5) is 0 Å². The molecule has 1 aromatic heterocycles. The van der Waals surface area contributed by atoms with Crippen LogP contribution in [-0.4, -0.2) is 9.78 Å². The van der Waals surface area contributed by atoms with Crippen LogP contribution in [0, 0.1) is 0 Å². The number of hydrogen-bond acceptors (Lipinski definition) is 4. The number of ether oxygens (including phenoxy) is 1. The van der Waals surface area contributed by atoms with Gasteiger partial charge in [-0.1, -0.05) is 35.9 Å². The average molecular weight is 319 g/mol. The van der Waals surface area contributed by atoms with Crippen molar-refractivity contribution in [3.8, 4) is 0 Å². The van der Waals surface area contributed by atoms with Gasteiger partial charge in [-0.05, 0) is 23.6 Å². The first-order valence-electron chi connectivity index (χ1n) is 6.90. The van der Waals surface area contributed by atoms with Crippen LogP contribution >= 0.6 is 11.6 Å². The molecule has 2 rings (SSSR count). The molecule has 0 radical (unpaired) electrons. The van der Waals surface area contributed by atoms with Crippen molar-refractivity contribution in [3.05, 3.63) is 77.0 Å². The van der Waals surface area contributed by atoms with Crippen LogP contribution in [0.3, 0.4) is 0 Å². The highest BCUT2D eigenvalue weighted by Crippen LogP contribution is 2.11. The van der Waals surface area contributed by atoms with Gasteiger partial charge >= 0.3 is 0 Å². The van der Waals surface area contributed by atoms with Gasteiger partial charge in [-0.3, -0.25) is 4.68 Å². The lowest BCUT2D eigenvalue weighted by Gasteiger charge is -2.08. The van der Waals surface area contributed by atoms with Gasteiger partial charge in [0.2, 0.25) is 0 Å². The molecule has 0 fully saturated rings. The maximum Gasteiger partial charge on any atom is 0.138 e. The number of aryl methyl sites for hydroxylation is 2. The first kappa shape index (κ1) is 16.0. The molecule has 1 aromatic carbocycles. The molecule has 0 atom stereocenters. The Kier molecular flexibility index (Phi) is 5.91. The molecule has 1 heterocycles. The largest absolute Gasteiger partial charge is 0.487 e. The van der Waals surface area contributed by atoms with E-state index in [1.807, 2.05) is 29.1 Å². The monoisotopic (exact) mass is 318 g/mol. The van der Waals surface area contributed by atoms with Crippen LogP contribution in [0.5, 0.6) is 0 Å². The van der Waals surface area contributed by atoms with Gasteiger partial charge in [0.1, 0.15) is 17.5 Å². The Morgan fingerprint density at radius 3 is 2.59 bits per heavy atom. The van der Waals surface area contributed by atoms with Crippen molar-refractivity contribution in [3.63, 3.8) is 0 Å². The minimum Gasteiger partial charge on any atom is -0.487 e. The van der Waals surface area contributed by atoms with E-state index in [-0.39, 0.29) is 5.16 Å². The van der Waals surface area contributed by atoms with Crippen LogP contribution < -0.4 is 11.5 Å². The van der Waals surface area contributed by atoms with Crippen molar-refractivity contribution in [2.24, 2.45) is 11.5 Å². The highest BCUT2D eigenvalue weighted by atomic mass is 35.5. The van der Waals surface area contributed by atoms with Gasteiger partial charge in [0.05, 0.1) is 0 Å². The lowest BCUT2D eigenvalue weighted by molar-refractivity contribution is 0.210. The first-order valence-corrected chi connectivity index (χ1v) is 7.28. The van der Waals surface area contributed by atoms with Crippen molar-refractivity contribution < 1.29 is 4.74 Å². The number of halogens is 1. The summed E-state index contributed by atoms with van der Waals surface area (Å²) < 4.78 is 7.44. The molecule has 0 aliphatic carbocycles. The Hall–Kier alpha value is -2.40. The number of hydrogen-bond donors (Lipinski definition) is 2. The fourth-order valence-electron chi connectivity index (χ4n) is 1.92. The van der Waals surface area contributed by atoms with Crippen LogP contribution in [0.25, 0.3) is 0 Å². The van der Waals surface area contributed by atoms with Gasteiger partial charge in [0.15, 0.2) is 0 Å². The van der Waals surface area contributed by atoms with Crippen molar-refractivity contribution >= 4 is 11.6 Å². The summed E-state index contributed by atoms with van der Waals surface area (Å²) in [5.41, 5.74) is 13.1. The summed E-state index contributed by atoms with van der Waals surface area (Å²) in [6.45, 7) is 1.27. The van der Waals surface area contributed by atoms with Gasteiger partial charge < -0.3 is 16.2 Å². The van der Waals surface area contributed by atoms with Gasteiger partial charge in [0.25, 0.3) is 0 Å². The minimum atomic E-state index is 0.130. The van der Waals surface area contributed by atoms with E-state index in [2.05, 4.69) is 17.2 Å². The molecule has 0 aliphatic rings. The van der Waals surface area contributed by atoms with E-state index in [1.54, 1.807) is 6.20 Å². The lowest BCUT2D eigenvalue weighted by atomic mass is 10.1. The van der Waals surface area contributed by atoms with E-state index in [9.17, 15) is 0 Å². The van der Waals surface area contributed by atoms with Crippen LogP contribution in [0.15, 0.2) is 65.9 Å². The number of allylic oxidation sites excluding steroid dienone is 1. The van der Waals surface area contributed by atoms with Crippen molar-refractivity contribution in [1.82, 2.24) is 9.78 Å². The van der Waals surface area contributed by atoms with Gasteiger partial charge in [-0.15, -0.1) is 0 Å². The number of rotatable bonds is 7. The molecule has 4 N–H and O–H groups in total. The summed E-state index contributed by atoms with van der Waals surface area (Å²) >= 11 is 5.59. The van der Waals surface area contributed by atoms with E-state index in [4.69, 9.17) is 27.8 Å². The van der Waals surface area contributed by atoms with Crippen molar-refractivity contribution in [2.75, 3.05) is 0 Å². The van der Waals surface area contributed by atoms with Crippen LogP contribution in [0.2, 0.25) is 0 Å². The smallest absolute Gasteiger partial charge is 0.138 e. The lowest BCUT2D eigenvalue weighted by Crippen LogP contribution is -2.02. The molecule has 2 aromatic rings. The van der Waals surface area contributed by atoms with E-state index < -0.39 is 0 Å². The predicted octanol–water partition coefficient (Wildman–Crippen LogP) is 2.48. The SMILES string of the molecule is N/C=C(\C=C(/N)Cl)OCc1ccc(CCn2cccn2)cc1. The summed E-state index contributed by atoms with van der Waals surface area (Å²) in [7, 11) is 0. The minimum absolute atomic E-state index is 0.130. The molecule has 0 saturated heterocycles. The Morgan fingerprint density at radius 2 is 2.00 bits per heavy atom. The quantitative estimate of drug-likeness (QED) is 0.467. The van der Waals surface area contributed by atoms with Crippen LogP contribution in [-0.2, 0) is 24.3 Å². The van der Waals surface area contributed by atoms with Gasteiger partial charge in [-0.2, -0.15) is 5.10 Å². The Morgan fingerprint density at radius 1 is 1.27 bits per heavy atom. The Labute approximate surface area is 134 Å². The first-order chi connectivity index (χ1) is 10.7. The molecule has 116 valence electrons. The highest BCUT2D eigenvalue weighted by molar-refractivity contribution is 6.29. The zero-order valence-corrected chi connectivity index (χ0v) is 12.9. The highest BCUT2D eigenvalue weighted by Gasteiger charge is 1.99. The maximum atomic E-state index is 5.59. The Bertz CT molecular complexity index is 629. The average Bonchev–Trinajstić information content (AvgIpc) is 3.03. The molecule has 0 aliphatic heterocycles. The van der Waals surface area contributed by atoms with Gasteiger partial charge in [0, 0.05) is 31.2 Å². The second-order valence-corrected chi connectivity index (χ2v) is 5.16. The standard InChI is InChI=1S/C16H19ClN4O/c17-16(19)10-15(11-18)22-12-14-4-2-13(3-5-14)6-9-21-8-1-7-20-21/h1-5,7-8,10-11H,6,9,12,18-19H2/b15-11+,16-10-. The zero-order valence-electron chi connectivity index (χ0n) is 12.2. The third kappa shape index (κ3) is 5.18. The second-order valence-electron chi connectivity index (χ2n) is 4.72. The van der Waals surface area contributed by atoms with Gasteiger partial charge in [-0.25, -0.2) is 0 Å². The number of nitrogens with two attached hydrogens (primary N) is 2. The fourth-order valence-corrected chi connectivity index (χ4v) is 2.03. The maximum absolute atomic E-state index is 5.59. The van der Waals surface area contributed by atoms with Crippen molar-refractivity contribution in [2.45, 2.75) is 19.6 Å². The Balaban J connectivity index is 1.85. The molecule has 0 spiro atoms. The molecule has 0 saturated carbocycles. The fraction of sp³-hybridized carbons (Fsp3) is 0.188. The van der Waals surface area contributed by atoms with E-state index in [0.29, 0.717) is 12.4 Å². The topological polar surface area (TPSA) is 79.1 Å². The molecule has 5 nitrogen and oxygen atoms in total. The number of nitrogens with zero attached hydrogens (tertiary/aromatic N) is 2. The van der Waals surface area contributed by atoms with E-state index >= 15 is 0 Å². The molecule has 0 bridgehead atoms. The third-order valence-electron chi connectivity index (χ3n) is 3.06. The molecular weight excluding hydrogens is 300 g/mol. The van der Waals surface area contributed by atoms with E-state index in [0.717, 1.165) is 18.5 Å². The normalized spacial score (nSPS) is 12.4. The van der Waals surface area contributed by atoms with E-state index in [1.165, 1.54) is 17.8 Å². The summed E-state index contributed by atoms with van der Waals surface area (Å²) in [6.07, 6.45) is 7.47. The third-order valence-corrected chi connectivity index (χ3v) is 3.17. The second kappa shape index (κ2) is 8.14. The molecule has 0 unspecified atom stereocenters. The molecule has 22 heavy (non-hydrogen) atoms. The predicted molar refractivity (Wildman–Crippen MR) is 87.6 cm³/mol. The zero-order chi connectivity index (χ0) is 15.8. The molecule has 6 heteroatoms. The molecular formula is C16H19ClN4O. The summed E-state index contributed by atoms with van der Waals surface area (Å²) in [5, 5.41) is 4.31. The summed E-state index contributed by atoms with van der Waals surface area (Å²) in [4.78, 5) is 0. The summed E-state index contributed by atoms with van der Waals surface area (Å²) in [6, 6.07) is 10.1. The number of benzene rings is 1. The summed E-state index contributed by atoms with van der Waals surface area (Å²) in [5.74, 6) is 0.440. The van der Waals surface area contributed by atoms with Crippen molar-refractivity contribution in [1.29, 1.82) is 0 Å². The van der Waals surface area contributed by atoms with Crippen LogP contribution in [0.1, 0.15) is 11.1 Å². The number of aromatic nitrogens is 2. The molecule has 0 amide bonds.